The first-order valence-corrected chi connectivity index (χ1v) is 7.29. The summed E-state index contributed by atoms with van der Waals surface area (Å²) in [6.45, 7) is 14.3. The summed E-state index contributed by atoms with van der Waals surface area (Å²) in [5.74, 6) is 0.826. The summed E-state index contributed by atoms with van der Waals surface area (Å²) in [6, 6.07) is 0. The number of allylic oxidation sites excluding steroid dienone is 2. The highest BCUT2D eigenvalue weighted by molar-refractivity contribution is 6.70. The molecule has 0 fully saturated rings. The van der Waals surface area contributed by atoms with Gasteiger partial charge in [0.2, 0.25) is 8.32 Å². The lowest BCUT2D eigenvalue weighted by Crippen LogP contribution is -2.24. The Kier molecular flexibility index (Phi) is 3.59. The fraction of sp³-hybridized carbons (Fsp3) is 0.556. The van der Waals surface area contributed by atoms with E-state index in [0.717, 1.165) is 11.3 Å². The maximum atomic E-state index is 5.67. The molecule has 0 spiro atoms. The van der Waals surface area contributed by atoms with E-state index in [1.165, 1.54) is 0 Å². The standard InChI is InChI=1S/C9H18OSi/c1-7-8(2)9(3)10-11(4,5)6/h7H,3H2,1-2,4-6H3. The van der Waals surface area contributed by atoms with Crippen LogP contribution in [0.2, 0.25) is 19.6 Å². The van der Waals surface area contributed by atoms with Gasteiger partial charge in [-0.05, 0) is 39.1 Å². The van der Waals surface area contributed by atoms with Crippen molar-refractivity contribution in [2.75, 3.05) is 0 Å². The van der Waals surface area contributed by atoms with E-state index >= 15 is 0 Å². The molecule has 0 aromatic heterocycles. The normalized spacial score (nSPS) is 13.0. The van der Waals surface area contributed by atoms with Crippen molar-refractivity contribution >= 4 is 8.32 Å². The second-order valence-electron chi connectivity index (χ2n) is 3.61. The molecular formula is C9H18OSi. The van der Waals surface area contributed by atoms with Crippen molar-refractivity contribution in [3.05, 3.63) is 24.0 Å². The van der Waals surface area contributed by atoms with E-state index in [0.29, 0.717) is 0 Å². The summed E-state index contributed by atoms with van der Waals surface area (Å²) in [4.78, 5) is 0. The molecule has 0 rings (SSSR count). The van der Waals surface area contributed by atoms with Crippen LogP contribution in [0.25, 0.3) is 0 Å². The van der Waals surface area contributed by atoms with Gasteiger partial charge < -0.3 is 4.43 Å². The number of rotatable bonds is 3. The van der Waals surface area contributed by atoms with Gasteiger partial charge in [-0.25, -0.2) is 0 Å². The molecule has 11 heavy (non-hydrogen) atoms. The van der Waals surface area contributed by atoms with Crippen LogP contribution >= 0.6 is 0 Å². The molecule has 0 N–H and O–H groups in total. The summed E-state index contributed by atoms with van der Waals surface area (Å²) >= 11 is 0. The van der Waals surface area contributed by atoms with E-state index in [-0.39, 0.29) is 0 Å². The van der Waals surface area contributed by atoms with Crippen LogP contribution in [0.4, 0.5) is 0 Å². The summed E-state index contributed by atoms with van der Waals surface area (Å²) in [6.07, 6.45) is 2.02. The lowest BCUT2D eigenvalue weighted by molar-refractivity contribution is 0.435. The molecule has 0 aliphatic heterocycles. The Balaban J connectivity index is 4.10. The fourth-order valence-corrected chi connectivity index (χ4v) is 1.51. The molecule has 0 atom stereocenters. The molecule has 0 saturated heterocycles. The fourth-order valence-electron chi connectivity index (χ4n) is 0.611. The van der Waals surface area contributed by atoms with Crippen molar-refractivity contribution in [3.63, 3.8) is 0 Å². The smallest absolute Gasteiger partial charge is 0.242 e. The third kappa shape index (κ3) is 4.84. The molecule has 0 aromatic rings. The van der Waals surface area contributed by atoms with E-state index in [4.69, 9.17) is 4.43 Å². The maximum Gasteiger partial charge on any atom is 0.242 e. The van der Waals surface area contributed by atoms with Gasteiger partial charge in [0.05, 0.1) is 5.76 Å². The van der Waals surface area contributed by atoms with Crippen LogP contribution in [0.15, 0.2) is 24.0 Å². The van der Waals surface area contributed by atoms with Gasteiger partial charge in [-0.1, -0.05) is 12.7 Å². The Hall–Kier alpha value is -0.503. The van der Waals surface area contributed by atoms with Crippen molar-refractivity contribution in [1.29, 1.82) is 0 Å². The van der Waals surface area contributed by atoms with E-state index in [2.05, 4.69) is 26.2 Å². The van der Waals surface area contributed by atoms with Gasteiger partial charge in [0.25, 0.3) is 0 Å². The lowest BCUT2D eigenvalue weighted by Gasteiger charge is -2.21. The highest BCUT2D eigenvalue weighted by Gasteiger charge is 2.16. The average molecular weight is 170 g/mol. The van der Waals surface area contributed by atoms with E-state index in [1.54, 1.807) is 0 Å². The first-order chi connectivity index (χ1) is 4.87. The van der Waals surface area contributed by atoms with Crippen LogP contribution < -0.4 is 0 Å². The SMILES string of the molecule is C=C(O[Si](C)(C)C)C(C)=CC. The molecule has 64 valence electrons. The van der Waals surface area contributed by atoms with Crippen LogP contribution in [-0.2, 0) is 4.43 Å². The van der Waals surface area contributed by atoms with Gasteiger partial charge in [0.1, 0.15) is 0 Å². The van der Waals surface area contributed by atoms with Crippen molar-refractivity contribution in [1.82, 2.24) is 0 Å². The predicted molar refractivity (Wildman–Crippen MR) is 53.0 cm³/mol. The molecule has 2 heteroatoms. The minimum Gasteiger partial charge on any atom is -0.545 e. The second kappa shape index (κ2) is 3.76. The van der Waals surface area contributed by atoms with Crippen molar-refractivity contribution in [2.45, 2.75) is 33.5 Å². The average Bonchev–Trinajstić information content (AvgIpc) is 1.82. The Morgan fingerprint density at radius 3 is 2.09 bits per heavy atom. The quantitative estimate of drug-likeness (QED) is 0.359. The molecule has 0 aliphatic rings. The predicted octanol–water partition coefficient (Wildman–Crippen LogP) is 3.32. The van der Waals surface area contributed by atoms with Gasteiger partial charge in [-0.15, -0.1) is 0 Å². The van der Waals surface area contributed by atoms with Crippen LogP contribution in [0, 0.1) is 0 Å². The minimum atomic E-state index is -1.44. The van der Waals surface area contributed by atoms with Crippen LogP contribution in [0.1, 0.15) is 13.8 Å². The number of hydrogen-bond acceptors (Lipinski definition) is 1. The Bertz CT molecular complexity index is 174. The zero-order chi connectivity index (χ0) is 9.07. The molecule has 0 saturated carbocycles. The van der Waals surface area contributed by atoms with Gasteiger partial charge in [-0.3, -0.25) is 0 Å². The zero-order valence-corrected chi connectivity index (χ0v) is 9.19. The third-order valence-electron chi connectivity index (χ3n) is 1.30. The zero-order valence-electron chi connectivity index (χ0n) is 8.19. The monoisotopic (exact) mass is 170 g/mol. The summed E-state index contributed by atoms with van der Waals surface area (Å²) < 4.78 is 5.67. The summed E-state index contributed by atoms with van der Waals surface area (Å²) in [5, 5.41) is 0. The molecule has 0 unspecified atom stereocenters. The molecule has 1 nitrogen and oxygen atoms in total. The Morgan fingerprint density at radius 1 is 1.36 bits per heavy atom. The van der Waals surface area contributed by atoms with Crippen LogP contribution in [0.3, 0.4) is 0 Å². The largest absolute Gasteiger partial charge is 0.545 e. The van der Waals surface area contributed by atoms with Crippen molar-refractivity contribution in [2.24, 2.45) is 0 Å². The van der Waals surface area contributed by atoms with Gasteiger partial charge in [0, 0.05) is 0 Å². The first-order valence-electron chi connectivity index (χ1n) is 3.88. The van der Waals surface area contributed by atoms with E-state index < -0.39 is 8.32 Å². The summed E-state index contributed by atoms with van der Waals surface area (Å²) in [5.41, 5.74) is 1.13. The first kappa shape index (κ1) is 10.5. The third-order valence-corrected chi connectivity index (χ3v) is 2.16. The number of hydrogen-bond donors (Lipinski definition) is 0. The molecular weight excluding hydrogens is 152 g/mol. The second-order valence-corrected chi connectivity index (χ2v) is 8.04. The molecule has 0 bridgehead atoms. The van der Waals surface area contributed by atoms with Crippen LogP contribution in [-0.4, -0.2) is 8.32 Å². The Morgan fingerprint density at radius 2 is 1.82 bits per heavy atom. The van der Waals surface area contributed by atoms with Gasteiger partial charge in [-0.2, -0.15) is 0 Å². The Labute approximate surface area is 70.9 Å². The van der Waals surface area contributed by atoms with E-state index in [9.17, 15) is 0 Å². The molecule has 0 heterocycles. The molecule has 0 amide bonds. The minimum absolute atomic E-state index is 0.826. The molecule has 0 aromatic carbocycles. The highest BCUT2D eigenvalue weighted by Crippen LogP contribution is 2.14. The topological polar surface area (TPSA) is 9.23 Å². The van der Waals surface area contributed by atoms with Crippen LogP contribution in [0.5, 0.6) is 0 Å². The van der Waals surface area contributed by atoms with Crippen molar-refractivity contribution in [3.8, 4) is 0 Å². The molecule has 0 radical (unpaired) electrons. The van der Waals surface area contributed by atoms with Gasteiger partial charge in [0.15, 0.2) is 0 Å². The van der Waals surface area contributed by atoms with E-state index in [1.807, 2.05) is 19.9 Å². The highest BCUT2D eigenvalue weighted by atomic mass is 28.4. The van der Waals surface area contributed by atoms with Crippen molar-refractivity contribution < 1.29 is 4.43 Å². The lowest BCUT2D eigenvalue weighted by atomic mass is 10.3. The summed E-state index contributed by atoms with van der Waals surface area (Å²) in [7, 11) is -1.44. The molecule has 0 aliphatic carbocycles. The maximum absolute atomic E-state index is 5.67. The van der Waals surface area contributed by atoms with Gasteiger partial charge >= 0.3 is 0 Å².